The van der Waals surface area contributed by atoms with E-state index >= 15 is 0 Å². The number of furan rings is 1. The molecular formula is C14H24N2O. The highest BCUT2D eigenvalue weighted by atomic mass is 16.3. The molecule has 3 heteroatoms. The maximum atomic E-state index is 6.30. The summed E-state index contributed by atoms with van der Waals surface area (Å²) in [5, 5.41) is 0. The molecule has 0 radical (unpaired) electrons. The second kappa shape index (κ2) is 5.69. The lowest BCUT2D eigenvalue weighted by atomic mass is 10.0. The van der Waals surface area contributed by atoms with Crippen molar-refractivity contribution in [3.05, 3.63) is 24.2 Å². The van der Waals surface area contributed by atoms with Crippen molar-refractivity contribution in [1.29, 1.82) is 0 Å². The van der Waals surface area contributed by atoms with Crippen LogP contribution in [0.3, 0.4) is 0 Å². The molecule has 0 spiro atoms. The molecule has 1 aliphatic carbocycles. The summed E-state index contributed by atoms with van der Waals surface area (Å²) in [7, 11) is 0. The van der Waals surface area contributed by atoms with E-state index in [-0.39, 0.29) is 12.1 Å². The maximum Gasteiger partial charge on any atom is 0.122 e. The molecule has 1 aromatic heterocycles. The van der Waals surface area contributed by atoms with E-state index < -0.39 is 0 Å². The number of hydrogen-bond donors (Lipinski definition) is 1. The molecule has 0 bridgehead atoms. The molecule has 1 fully saturated rings. The van der Waals surface area contributed by atoms with Gasteiger partial charge in [-0.15, -0.1) is 0 Å². The van der Waals surface area contributed by atoms with Crippen LogP contribution in [0.2, 0.25) is 0 Å². The van der Waals surface area contributed by atoms with E-state index in [9.17, 15) is 0 Å². The average molecular weight is 236 g/mol. The molecule has 3 nitrogen and oxygen atoms in total. The van der Waals surface area contributed by atoms with Crippen molar-refractivity contribution in [2.45, 2.75) is 57.7 Å². The van der Waals surface area contributed by atoms with Gasteiger partial charge in [0.05, 0.1) is 12.3 Å². The second-order valence-corrected chi connectivity index (χ2v) is 5.00. The van der Waals surface area contributed by atoms with Gasteiger partial charge in [0.2, 0.25) is 0 Å². The Hall–Kier alpha value is -0.800. The van der Waals surface area contributed by atoms with E-state index in [0.717, 1.165) is 24.8 Å². The van der Waals surface area contributed by atoms with Gasteiger partial charge in [-0.25, -0.2) is 0 Å². The Balaban J connectivity index is 2.18. The Morgan fingerprint density at radius 3 is 2.71 bits per heavy atom. The van der Waals surface area contributed by atoms with Gasteiger partial charge in [-0.2, -0.15) is 0 Å². The van der Waals surface area contributed by atoms with Crippen molar-refractivity contribution in [2.24, 2.45) is 5.73 Å². The van der Waals surface area contributed by atoms with Crippen LogP contribution < -0.4 is 5.73 Å². The third-order valence-corrected chi connectivity index (χ3v) is 3.57. The van der Waals surface area contributed by atoms with Crippen LogP contribution in [0, 0.1) is 0 Å². The summed E-state index contributed by atoms with van der Waals surface area (Å²) in [6.45, 7) is 5.49. The predicted octanol–water partition coefficient (Wildman–Crippen LogP) is 2.93. The Kier molecular flexibility index (Phi) is 4.24. The smallest absolute Gasteiger partial charge is 0.122 e. The van der Waals surface area contributed by atoms with E-state index in [4.69, 9.17) is 10.2 Å². The van der Waals surface area contributed by atoms with Crippen LogP contribution in [0.5, 0.6) is 0 Å². The molecule has 0 amide bonds. The van der Waals surface area contributed by atoms with Gasteiger partial charge in [-0.1, -0.05) is 13.8 Å². The SMILES string of the molecule is CCCN(C1CC1)C(c1ccco1)C(N)CC. The zero-order chi connectivity index (χ0) is 12.3. The molecule has 2 unspecified atom stereocenters. The topological polar surface area (TPSA) is 42.4 Å². The molecule has 17 heavy (non-hydrogen) atoms. The van der Waals surface area contributed by atoms with Crippen molar-refractivity contribution in [3.63, 3.8) is 0 Å². The Bertz CT molecular complexity index is 319. The molecule has 2 atom stereocenters. The van der Waals surface area contributed by atoms with E-state index in [1.54, 1.807) is 6.26 Å². The summed E-state index contributed by atoms with van der Waals surface area (Å²) in [5.41, 5.74) is 6.30. The minimum absolute atomic E-state index is 0.160. The Morgan fingerprint density at radius 1 is 1.47 bits per heavy atom. The van der Waals surface area contributed by atoms with Crippen molar-refractivity contribution >= 4 is 0 Å². The molecule has 0 aromatic carbocycles. The number of nitrogens with two attached hydrogens (primary N) is 1. The van der Waals surface area contributed by atoms with Crippen molar-refractivity contribution in [2.75, 3.05) is 6.54 Å². The highest BCUT2D eigenvalue weighted by molar-refractivity contribution is 5.09. The lowest BCUT2D eigenvalue weighted by molar-refractivity contribution is 0.139. The zero-order valence-electron chi connectivity index (χ0n) is 10.9. The molecule has 0 aliphatic heterocycles. The van der Waals surface area contributed by atoms with Gasteiger partial charge < -0.3 is 10.2 Å². The molecule has 1 heterocycles. The van der Waals surface area contributed by atoms with Crippen LogP contribution >= 0.6 is 0 Å². The molecular weight excluding hydrogens is 212 g/mol. The zero-order valence-corrected chi connectivity index (χ0v) is 10.9. The van der Waals surface area contributed by atoms with Gasteiger partial charge in [0.15, 0.2) is 0 Å². The molecule has 2 rings (SSSR count). The number of rotatable bonds is 7. The van der Waals surface area contributed by atoms with Crippen molar-refractivity contribution in [3.8, 4) is 0 Å². The number of nitrogens with zero attached hydrogens (tertiary/aromatic N) is 1. The highest BCUT2D eigenvalue weighted by Gasteiger charge is 2.37. The standard InChI is InChI=1S/C14H24N2O/c1-3-9-16(11-7-8-11)14(12(15)4-2)13-6-5-10-17-13/h5-6,10-12,14H,3-4,7-9,15H2,1-2H3. The van der Waals surface area contributed by atoms with Crippen LogP contribution in [0.4, 0.5) is 0 Å². The van der Waals surface area contributed by atoms with Gasteiger partial charge in [0, 0.05) is 12.1 Å². The first kappa shape index (κ1) is 12.7. The fraction of sp³-hybridized carbons (Fsp3) is 0.714. The van der Waals surface area contributed by atoms with E-state index in [0.29, 0.717) is 0 Å². The monoisotopic (exact) mass is 236 g/mol. The summed E-state index contributed by atoms with van der Waals surface area (Å²) in [4.78, 5) is 2.55. The summed E-state index contributed by atoms with van der Waals surface area (Å²) < 4.78 is 5.60. The minimum Gasteiger partial charge on any atom is -0.468 e. The van der Waals surface area contributed by atoms with Crippen LogP contribution in [-0.2, 0) is 0 Å². The van der Waals surface area contributed by atoms with Crippen molar-refractivity contribution in [1.82, 2.24) is 4.90 Å². The van der Waals surface area contributed by atoms with Gasteiger partial charge in [0.25, 0.3) is 0 Å². The first-order chi connectivity index (χ1) is 8.27. The molecule has 2 N–H and O–H groups in total. The molecule has 1 aliphatic rings. The second-order valence-electron chi connectivity index (χ2n) is 5.00. The first-order valence-electron chi connectivity index (χ1n) is 6.82. The largest absolute Gasteiger partial charge is 0.468 e. The van der Waals surface area contributed by atoms with Crippen molar-refractivity contribution < 1.29 is 4.42 Å². The first-order valence-corrected chi connectivity index (χ1v) is 6.82. The fourth-order valence-electron chi connectivity index (χ4n) is 2.52. The molecule has 1 saturated carbocycles. The predicted molar refractivity (Wildman–Crippen MR) is 69.7 cm³/mol. The summed E-state index contributed by atoms with van der Waals surface area (Å²) in [5.74, 6) is 1.03. The average Bonchev–Trinajstić information content (AvgIpc) is 3.05. The lowest BCUT2D eigenvalue weighted by Gasteiger charge is -2.34. The minimum atomic E-state index is 0.160. The molecule has 96 valence electrons. The number of hydrogen-bond acceptors (Lipinski definition) is 3. The summed E-state index contributed by atoms with van der Waals surface area (Å²) >= 11 is 0. The quantitative estimate of drug-likeness (QED) is 0.791. The summed E-state index contributed by atoms with van der Waals surface area (Å²) in [6, 6.07) is 5.16. The van der Waals surface area contributed by atoms with Crippen LogP contribution in [0.15, 0.2) is 22.8 Å². The summed E-state index contributed by atoms with van der Waals surface area (Å²) in [6.07, 6.45) is 6.53. The lowest BCUT2D eigenvalue weighted by Crippen LogP contribution is -2.42. The Morgan fingerprint density at radius 2 is 2.24 bits per heavy atom. The van der Waals surface area contributed by atoms with Crippen LogP contribution in [0.1, 0.15) is 51.3 Å². The van der Waals surface area contributed by atoms with E-state index in [1.807, 2.05) is 6.07 Å². The van der Waals surface area contributed by atoms with Gasteiger partial charge >= 0.3 is 0 Å². The van der Waals surface area contributed by atoms with E-state index in [2.05, 4.69) is 24.8 Å². The van der Waals surface area contributed by atoms with Crippen LogP contribution in [-0.4, -0.2) is 23.5 Å². The van der Waals surface area contributed by atoms with Gasteiger partial charge in [-0.3, -0.25) is 4.90 Å². The third kappa shape index (κ3) is 2.90. The fourth-order valence-corrected chi connectivity index (χ4v) is 2.52. The Labute approximate surface area is 104 Å². The molecule has 0 saturated heterocycles. The van der Waals surface area contributed by atoms with E-state index in [1.165, 1.54) is 19.3 Å². The highest BCUT2D eigenvalue weighted by Crippen LogP contribution is 2.36. The van der Waals surface area contributed by atoms with Crippen LogP contribution in [0.25, 0.3) is 0 Å². The van der Waals surface area contributed by atoms with Gasteiger partial charge in [0.1, 0.15) is 5.76 Å². The third-order valence-electron chi connectivity index (χ3n) is 3.57. The van der Waals surface area contributed by atoms with Gasteiger partial charge in [-0.05, 0) is 44.4 Å². The normalized spacial score (nSPS) is 19.5. The maximum absolute atomic E-state index is 6.30. The molecule has 1 aromatic rings.